The number of carbonyl (C=O) groups excluding carboxylic acids is 2. The maximum Gasteiger partial charge on any atom is 0.334 e. The third-order valence-corrected chi connectivity index (χ3v) is 2.64. The highest BCUT2D eigenvalue weighted by Gasteiger charge is 2.42. The van der Waals surface area contributed by atoms with E-state index in [0.717, 1.165) is 13.1 Å². The lowest BCUT2D eigenvalue weighted by atomic mass is 9.88. The van der Waals surface area contributed by atoms with Gasteiger partial charge in [0.05, 0.1) is 7.11 Å². The van der Waals surface area contributed by atoms with E-state index < -0.39 is 11.5 Å². The van der Waals surface area contributed by atoms with Crippen LogP contribution in [0.25, 0.3) is 0 Å². The van der Waals surface area contributed by atoms with Crippen molar-refractivity contribution < 1.29 is 14.3 Å². The van der Waals surface area contributed by atoms with Gasteiger partial charge in [0.1, 0.15) is 0 Å². The second kappa shape index (κ2) is 4.35. The Kier molecular flexibility index (Phi) is 3.38. The molecule has 0 aliphatic carbocycles. The molecule has 0 unspecified atom stereocenters. The molecule has 0 bridgehead atoms. The lowest BCUT2D eigenvalue weighted by molar-refractivity contribution is -0.148. The molecule has 0 aromatic heterocycles. The van der Waals surface area contributed by atoms with Crippen molar-refractivity contribution in [1.29, 1.82) is 0 Å². The fourth-order valence-electron chi connectivity index (χ4n) is 1.63. The largest absolute Gasteiger partial charge is 0.467 e. The van der Waals surface area contributed by atoms with Crippen molar-refractivity contribution in [3.8, 4) is 0 Å². The highest BCUT2D eigenvalue weighted by molar-refractivity contribution is 5.82. The molecule has 0 spiro atoms. The summed E-state index contributed by atoms with van der Waals surface area (Å²) in [6, 6.07) is 0. The number of likely N-dealkylation sites (tertiary alicyclic amines) is 1. The normalized spacial score (nSPS) is 21.0. The SMILES string of the molecule is COC(=O)C1(N=C=O)CCN(C)CC1. The van der Waals surface area contributed by atoms with Crippen LogP contribution in [0, 0.1) is 0 Å². The van der Waals surface area contributed by atoms with Crippen molar-refractivity contribution in [2.45, 2.75) is 18.4 Å². The molecular formula is C9H14N2O3. The molecule has 1 fully saturated rings. The summed E-state index contributed by atoms with van der Waals surface area (Å²) in [6.45, 7) is 1.47. The summed E-state index contributed by atoms with van der Waals surface area (Å²) in [4.78, 5) is 27.4. The highest BCUT2D eigenvalue weighted by Crippen LogP contribution is 2.26. The molecule has 0 atom stereocenters. The predicted octanol–water partition coefficient (Wildman–Crippen LogP) is -0.0404. The number of hydrogen-bond donors (Lipinski definition) is 0. The first kappa shape index (κ1) is 10.9. The second-order valence-corrected chi connectivity index (χ2v) is 3.53. The molecular weight excluding hydrogens is 184 g/mol. The zero-order chi connectivity index (χ0) is 10.6. The van der Waals surface area contributed by atoms with E-state index in [1.807, 2.05) is 7.05 Å². The molecule has 1 saturated heterocycles. The Bertz CT molecular complexity index is 263. The van der Waals surface area contributed by atoms with Crippen LogP contribution in [0.2, 0.25) is 0 Å². The molecule has 1 aliphatic rings. The van der Waals surface area contributed by atoms with E-state index >= 15 is 0 Å². The van der Waals surface area contributed by atoms with E-state index in [0.29, 0.717) is 12.8 Å². The average Bonchev–Trinajstić information content (AvgIpc) is 2.21. The summed E-state index contributed by atoms with van der Waals surface area (Å²) in [5, 5.41) is 0. The van der Waals surface area contributed by atoms with Gasteiger partial charge in [-0.05, 0) is 19.9 Å². The second-order valence-electron chi connectivity index (χ2n) is 3.53. The molecule has 1 aliphatic heterocycles. The predicted molar refractivity (Wildman–Crippen MR) is 49.6 cm³/mol. The minimum absolute atomic E-state index is 0.436. The number of isocyanates is 1. The van der Waals surface area contributed by atoms with Crippen molar-refractivity contribution in [3.63, 3.8) is 0 Å². The number of methoxy groups -OCH3 is 1. The van der Waals surface area contributed by atoms with Gasteiger partial charge in [0.25, 0.3) is 0 Å². The molecule has 0 radical (unpaired) electrons. The maximum atomic E-state index is 11.5. The van der Waals surface area contributed by atoms with Crippen LogP contribution in [0.3, 0.4) is 0 Å². The molecule has 78 valence electrons. The Labute approximate surface area is 82.7 Å². The first-order chi connectivity index (χ1) is 6.64. The maximum absolute atomic E-state index is 11.5. The molecule has 0 amide bonds. The summed E-state index contributed by atoms with van der Waals surface area (Å²) in [5.74, 6) is -0.436. The van der Waals surface area contributed by atoms with Crippen LogP contribution in [0.5, 0.6) is 0 Å². The fourth-order valence-corrected chi connectivity index (χ4v) is 1.63. The molecule has 0 N–H and O–H groups in total. The Balaban J connectivity index is 2.83. The molecule has 5 nitrogen and oxygen atoms in total. The smallest absolute Gasteiger partial charge is 0.334 e. The van der Waals surface area contributed by atoms with Gasteiger partial charge in [-0.15, -0.1) is 0 Å². The van der Waals surface area contributed by atoms with Gasteiger partial charge in [-0.1, -0.05) is 0 Å². The molecule has 14 heavy (non-hydrogen) atoms. The first-order valence-corrected chi connectivity index (χ1v) is 4.50. The molecule has 0 aromatic rings. The van der Waals surface area contributed by atoms with Gasteiger partial charge < -0.3 is 9.64 Å². The van der Waals surface area contributed by atoms with Crippen LogP contribution in [0.1, 0.15) is 12.8 Å². The van der Waals surface area contributed by atoms with Gasteiger partial charge >= 0.3 is 5.97 Å². The van der Waals surface area contributed by atoms with Crippen molar-refractivity contribution in [1.82, 2.24) is 4.90 Å². The fraction of sp³-hybridized carbons (Fsp3) is 0.778. The summed E-state index contributed by atoms with van der Waals surface area (Å²) in [6.07, 6.45) is 2.50. The van der Waals surface area contributed by atoms with E-state index in [1.165, 1.54) is 13.2 Å². The van der Waals surface area contributed by atoms with Crippen molar-refractivity contribution in [2.24, 2.45) is 4.99 Å². The van der Waals surface area contributed by atoms with Crippen LogP contribution in [0.4, 0.5) is 0 Å². The lowest BCUT2D eigenvalue weighted by Gasteiger charge is -2.33. The van der Waals surface area contributed by atoms with Gasteiger partial charge in [0.15, 0.2) is 5.54 Å². The minimum Gasteiger partial charge on any atom is -0.467 e. The standard InChI is InChI=1S/C9H14N2O3/c1-11-5-3-9(4-6-11,10-7-12)8(13)14-2/h3-6H2,1-2H3. The van der Waals surface area contributed by atoms with E-state index in [2.05, 4.69) is 14.6 Å². The van der Waals surface area contributed by atoms with Gasteiger partial charge in [0.2, 0.25) is 6.08 Å². The third kappa shape index (κ3) is 2.00. The highest BCUT2D eigenvalue weighted by atomic mass is 16.5. The quantitative estimate of drug-likeness (QED) is 0.355. The minimum atomic E-state index is -0.983. The van der Waals surface area contributed by atoms with Gasteiger partial charge in [-0.25, -0.2) is 9.59 Å². The molecule has 1 rings (SSSR count). The number of rotatable bonds is 2. The van der Waals surface area contributed by atoms with E-state index in [4.69, 9.17) is 0 Å². The van der Waals surface area contributed by atoms with Crippen LogP contribution in [-0.2, 0) is 14.3 Å². The summed E-state index contributed by atoms with van der Waals surface area (Å²) in [7, 11) is 3.27. The van der Waals surface area contributed by atoms with Crippen molar-refractivity contribution in [2.75, 3.05) is 27.2 Å². The molecule has 0 saturated carbocycles. The molecule has 5 heteroatoms. The topological polar surface area (TPSA) is 59.0 Å². The summed E-state index contributed by atoms with van der Waals surface area (Å²) in [5.41, 5.74) is -0.983. The van der Waals surface area contributed by atoms with Gasteiger partial charge in [-0.3, -0.25) is 0 Å². The number of ether oxygens (including phenoxy) is 1. The number of carbonyl (C=O) groups is 1. The van der Waals surface area contributed by atoms with E-state index in [1.54, 1.807) is 0 Å². The Morgan fingerprint density at radius 1 is 1.50 bits per heavy atom. The zero-order valence-electron chi connectivity index (χ0n) is 8.45. The van der Waals surface area contributed by atoms with Crippen molar-refractivity contribution >= 4 is 12.0 Å². The summed E-state index contributed by atoms with van der Waals surface area (Å²) >= 11 is 0. The van der Waals surface area contributed by atoms with Gasteiger partial charge in [0, 0.05) is 13.1 Å². The Hall–Kier alpha value is -1.19. The molecule has 1 heterocycles. The monoisotopic (exact) mass is 198 g/mol. The number of aliphatic imine (C=N–C) groups is 1. The Morgan fingerprint density at radius 3 is 2.50 bits per heavy atom. The number of piperidine rings is 1. The van der Waals surface area contributed by atoms with E-state index in [-0.39, 0.29) is 0 Å². The number of hydrogen-bond acceptors (Lipinski definition) is 5. The third-order valence-electron chi connectivity index (χ3n) is 2.64. The van der Waals surface area contributed by atoms with Crippen LogP contribution in [0.15, 0.2) is 4.99 Å². The molecule has 0 aromatic carbocycles. The van der Waals surface area contributed by atoms with Crippen LogP contribution >= 0.6 is 0 Å². The van der Waals surface area contributed by atoms with E-state index in [9.17, 15) is 9.59 Å². The summed E-state index contributed by atoms with van der Waals surface area (Å²) < 4.78 is 4.65. The van der Waals surface area contributed by atoms with Crippen molar-refractivity contribution in [3.05, 3.63) is 0 Å². The Morgan fingerprint density at radius 2 is 2.07 bits per heavy atom. The lowest BCUT2D eigenvalue weighted by Crippen LogP contribution is -2.47. The van der Waals surface area contributed by atoms with Crippen LogP contribution in [-0.4, -0.2) is 49.7 Å². The van der Waals surface area contributed by atoms with Crippen LogP contribution < -0.4 is 0 Å². The zero-order valence-corrected chi connectivity index (χ0v) is 8.45. The first-order valence-electron chi connectivity index (χ1n) is 4.50. The number of nitrogens with zero attached hydrogens (tertiary/aromatic N) is 2. The number of esters is 1. The van der Waals surface area contributed by atoms with Gasteiger partial charge in [-0.2, -0.15) is 4.99 Å². The average molecular weight is 198 g/mol.